The van der Waals surface area contributed by atoms with Crippen LogP contribution in [0, 0.1) is 11.3 Å². The summed E-state index contributed by atoms with van der Waals surface area (Å²) >= 11 is 1.81. The monoisotopic (exact) mass is 363 g/mol. The van der Waals surface area contributed by atoms with Crippen molar-refractivity contribution in [1.29, 1.82) is 5.26 Å². The Hall–Kier alpha value is -1.96. The summed E-state index contributed by atoms with van der Waals surface area (Å²) in [5.41, 5.74) is 3.17. The van der Waals surface area contributed by atoms with E-state index in [1.165, 1.54) is 46.8 Å². The normalized spacial score (nSPS) is 20.5. The van der Waals surface area contributed by atoms with Gasteiger partial charge in [-0.25, -0.2) is 0 Å². The van der Waals surface area contributed by atoms with E-state index in [1.54, 1.807) is 11.8 Å². The maximum absolute atomic E-state index is 9.37. The van der Waals surface area contributed by atoms with E-state index < -0.39 is 0 Å². The number of para-hydroxylation sites is 1. The topological polar surface area (TPSA) is 39.1 Å². The first-order valence-electron chi connectivity index (χ1n) is 9.60. The highest BCUT2D eigenvalue weighted by atomic mass is 32.2. The molecule has 0 aromatic heterocycles. The molecule has 0 aliphatic carbocycles. The predicted molar refractivity (Wildman–Crippen MR) is 108 cm³/mol. The van der Waals surface area contributed by atoms with Crippen molar-refractivity contribution in [2.75, 3.05) is 11.4 Å². The van der Waals surface area contributed by atoms with Gasteiger partial charge in [0.1, 0.15) is 0 Å². The molecule has 26 heavy (non-hydrogen) atoms. The van der Waals surface area contributed by atoms with E-state index in [9.17, 15) is 5.26 Å². The molecule has 4 heteroatoms. The number of benzene rings is 2. The second-order valence-electron chi connectivity index (χ2n) is 7.32. The second kappa shape index (κ2) is 7.73. The lowest BCUT2D eigenvalue weighted by Crippen LogP contribution is -2.38. The maximum atomic E-state index is 9.37. The fraction of sp³-hybridized carbons (Fsp3) is 0.409. The molecule has 0 bridgehead atoms. The molecule has 2 aliphatic rings. The number of hydrogen-bond acceptors (Lipinski definition) is 4. The Morgan fingerprint density at radius 1 is 1.15 bits per heavy atom. The molecule has 1 N–H and O–H groups in total. The third-order valence-electron chi connectivity index (χ3n) is 5.42. The Balaban J connectivity index is 1.68. The van der Waals surface area contributed by atoms with Gasteiger partial charge in [0.15, 0.2) is 0 Å². The van der Waals surface area contributed by atoms with Crippen LogP contribution in [0.25, 0.3) is 0 Å². The van der Waals surface area contributed by atoms with Crippen LogP contribution in [0.5, 0.6) is 0 Å². The predicted octanol–water partition coefficient (Wildman–Crippen LogP) is 5.47. The van der Waals surface area contributed by atoms with Crippen molar-refractivity contribution < 1.29 is 0 Å². The van der Waals surface area contributed by atoms with Crippen LogP contribution in [0.1, 0.15) is 44.6 Å². The molecule has 1 saturated heterocycles. The number of rotatable bonds is 3. The SMILES string of the molecule is C[C@H](CC1CCCCCN1)N1c2ccccc2Sc2ccc(C#N)cc21. The number of nitriles is 1. The van der Waals surface area contributed by atoms with Crippen LogP contribution in [-0.4, -0.2) is 18.6 Å². The molecule has 1 unspecified atom stereocenters. The Labute approximate surface area is 160 Å². The zero-order valence-corrected chi connectivity index (χ0v) is 16.1. The fourth-order valence-corrected chi connectivity index (χ4v) is 5.20. The molecule has 2 heterocycles. The van der Waals surface area contributed by atoms with Crippen molar-refractivity contribution in [3.8, 4) is 6.07 Å². The summed E-state index contributed by atoms with van der Waals surface area (Å²) in [6.07, 6.45) is 6.35. The van der Waals surface area contributed by atoms with Gasteiger partial charge in [-0.1, -0.05) is 36.7 Å². The van der Waals surface area contributed by atoms with Gasteiger partial charge < -0.3 is 10.2 Å². The van der Waals surface area contributed by atoms with Gasteiger partial charge in [-0.15, -0.1) is 0 Å². The second-order valence-corrected chi connectivity index (χ2v) is 8.40. The van der Waals surface area contributed by atoms with Crippen molar-refractivity contribution in [2.24, 2.45) is 0 Å². The van der Waals surface area contributed by atoms with Gasteiger partial charge in [0.05, 0.1) is 23.0 Å². The summed E-state index contributed by atoms with van der Waals surface area (Å²) in [5, 5.41) is 13.1. The lowest BCUT2D eigenvalue weighted by Gasteiger charge is -2.38. The van der Waals surface area contributed by atoms with Crippen molar-refractivity contribution in [1.82, 2.24) is 5.32 Å². The van der Waals surface area contributed by atoms with Crippen LogP contribution in [0.15, 0.2) is 52.3 Å². The minimum absolute atomic E-state index is 0.375. The van der Waals surface area contributed by atoms with Gasteiger partial charge in [-0.2, -0.15) is 5.26 Å². The van der Waals surface area contributed by atoms with Gasteiger partial charge >= 0.3 is 0 Å². The number of hydrogen-bond donors (Lipinski definition) is 1. The zero-order chi connectivity index (χ0) is 17.9. The van der Waals surface area contributed by atoms with E-state index >= 15 is 0 Å². The molecule has 0 saturated carbocycles. The first kappa shape index (κ1) is 17.5. The molecular formula is C22H25N3S. The number of anilines is 2. The Morgan fingerprint density at radius 2 is 2.00 bits per heavy atom. The summed E-state index contributed by atoms with van der Waals surface area (Å²) in [6, 6.07) is 18.0. The number of fused-ring (bicyclic) bond motifs is 2. The lowest BCUT2D eigenvalue weighted by molar-refractivity contribution is 0.442. The molecular weight excluding hydrogens is 338 g/mol. The Kier molecular flexibility index (Phi) is 5.19. The van der Waals surface area contributed by atoms with Gasteiger partial charge in [-0.05, 0) is 63.1 Å². The van der Waals surface area contributed by atoms with E-state index in [2.05, 4.69) is 59.6 Å². The largest absolute Gasteiger partial charge is 0.337 e. The smallest absolute Gasteiger partial charge is 0.0992 e. The third kappa shape index (κ3) is 3.47. The highest BCUT2D eigenvalue weighted by Crippen LogP contribution is 2.49. The van der Waals surface area contributed by atoms with Crippen LogP contribution in [0.4, 0.5) is 11.4 Å². The molecule has 2 aromatic carbocycles. The molecule has 134 valence electrons. The standard InChI is InChI=1S/C22H25N3S/c1-16(13-18-7-3-2-6-12-24-18)25-19-8-4-5-9-21(19)26-22-11-10-17(15-23)14-20(22)25/h4-5,8-11,14,16,18,24H,2-3,6-7,12-13H2,1H3/t16-,18?/m1/s1. The molecule has 1 fully saturated rings. The average Bonchev–Trinajstić information content (AvgIpc) is 2.94. The molecule has 2 aliphatic heterocycles. The molecule has 2 aromatic rings. The number of nitrogens with one attached hydrogen (secondary N) is 1. The van der Waals surface area contributed by atoms with E-state index in [1.807, 2.05) is 6.07 Å². The molecule has 2 atom stereocenters. The Morgan fingerprint density at radius 3 is 2.88 bits per heavy atom. The zero-order valence-electron chi connectivity index (χ0n) is 15.2. The molecule has 0 spiro atoms. The van der Waals surface area contributed by atoms with Crippen LogP contribution >= 0.6 is 11.8 Å². The molecule has 0 amide bonds. The summed E-state index contributed by atoms with van der Waals surface area (Å²) in [7, 11) is 0. The van der Waals surface area contributed by atoms with Crippen molar-refractivity contribution >= 4 is 23.1 Å². The molecule has 3 nitrogen and oxygen atoms in total. The van der Waals surface area contributed by atoms with Crippen LogP contribution in [-0.2, 0) is 0 Å². The van der Waals surface area contributed by atoms with Gasteiger partial charge in [0.2, 0.25) is 0 Å². The molecule has 0 radical (unpaired) electrons. The fourth-order valence-electron chi connectivity index (χ4n) is 4.15. The first-order chi connectivity index (χ1) is 12.8. The molecule has 4 rings (SSSR count). The van der Waals surface area contributed by atoms with Gasteiger partial charge in [0, 0.05) is 21.9 Å². The number of nitrogens with zero attached hydrogens (tertiary/aromatic N) is 2. The Bertz CT molecular complexity index is 818. The quantitative estimate of drug-likeness (QED) is 0.784. The average molecular weight is 364 g/mol. The highest BCUT2D eigenvalue weighted by Gasteiger charge is 2.28. The first-order valence-corrected chi connectivity index (χ1v) is 10.4. The minimum Gasteiger partial charge on any atom is -0.337 e. The van der Waals surface area contributed by atoms with Gasteiger partial charge in [-0.3, -0.25) is 0 Å². The highest BCUT2D eigenvalue weighted by molar-refractivity contribution is 7.99. The van der Waals surface area contributed by atoms with Crippen LogP contribution in [0.3, 0.4) is 0 Å². The van der Waals surface area contributed by atoms with Crippen molar-refractivity contribution in [3.05, 3.63) is 48.0 Å². The maximum Gasteiger partial charge on any atom is 0.0992 e. The summed E-state index contributed by atoms with van der Waals surface area (Å²) in [5.74, 6) is 0. The lowest BCUT2D eigenvalue weighted by atomic mass is 10.0. The van der Waals surface area contributed by atoms with Crippen LogP contribution in [0.2, 0.25) is 0 Å². The van der Waals surface area contributed by atoms with E-state index in [4.69, 9.17) is 0 Å². The van der Waals surface area contributed by atoms with Crippen molar-refractivity contribution in [3.63, 3.8) is 0 Å². The van der Waals surface area contributed by atoms with Crippen molar-refractivity contribution in [2.45, 2.75) is 60.9 Å². The van der Waals surface area contributed by atoms with Crippen LogP contribution < -0.4 is 10.2 Å². The van der Waals surface area contributed by atoms with E-state index in [0.29, 0.717) is 12.1 Å². The summed E-state index contributed by atoms with van der Waals surface area (Å²) in [6.45, 7) is 3.46. The van der Waals surface area contributed by atoms with Gasteiger partial charge in [0.25, 0.3) is 0 Å². The summed E-state index contributed by atoms with van der Waals surface area (Å²) in [4.78, 5) is 4.99. The summed E-state index contributed by atoms with van der Waals surface area (Å²) < 4.78 is 0. The van der Waals surface area contributed by atoms with E-state index in [0.717, 1.165) is 18.5 Å². The minimum atomic E-state index is 0.375. The van der Waals surface area contributed by atoms with E-state index in [-0.39, 0.29) is 0 Å². The third-order valence-corrected chi connectivity index (χ3v) is 6.55.